The van der Waals surface area contributed by atoms with Crippen molar-refractivity contribution >= 4 is 27.3 Å². The number of imidazole rings is 1. The minimum absolute atomic E-state index is 0.189. The molecule has 1 N–H and O–H groups in total. The number of rotatable bonds is 8. The van der Waals surface area contributed by atoms with Crippen molar-refractivity contribution in [2.75, 3.05) is 20.1 Å². The van der Waals surface area contributed by atoms with Gasteiger partial charge in [0.25, 0.3) is 10.0 Å². The lowest BCUT2D eigenvalue weighted by molar-refractivity contribution is -0.121. The Morgan fingerprint density at radius 3 is 2.95 bits per heavy atom. The first kappa shape index (κ1) is 16.7. The molecule has 2 aromatic heterocycles. The molecule has 0 unspecified atom stereocenters. The highest BCUT2D eigenvalue weighted by Crippen LogP contribution is 2.19. The third kappa shape index (κ3) is 4.39. The molecule has 9 heteroatoms. The molecule has 1 amide bonds. The molecule has 0 aliphatic rings. The van der Waals surface area contributed by atoms with Gasteiger partial charge in [-0.3, -0.25) is 4.79 Å². The molecule has 0 bridgehead atoms. The van der Waals surface area contributed by atoms with E-state index >= 15 is 0 Å². The van der Waals surface area contributed by atoms with Crippen molar-refractivity contribution in [1.82, 2.24) is 19.2 Å². The smallest absolute Gasteiger partial charge is 0.252 e. The Kier molecular flexibility index (Phi) is 5.69. The summed E-state index contributed by atoms with van der Waals surface area (Å²) >= 11 is 1.14. The molecule has 7 nitrogen and oxygen atoms in total. The highest BCUT2D eigenvalue weighted by molar-refractivity contribution is 7.91. The Balaban J connectivity index is 1.74. The highest BCUT2D eigenvalue weighted by atomic mass is 32.2. The first-order valence-corrected chi connectivity index (χ1v) is 9.04. The molecule has 120 valence electrons. The van der Waals surface area contributed by atoms with Crippen LogP contribution in [-0.2, 0) is 21.4 Å². The monoisotopic (exact) mass is 342 g/mol. The number of carbonyl (C=O) groups is 1. The molecule has 0 saturated carbocycles. The van der Waals surface area contributed by atoms with Gasteiger partial charge < -0.3 is 9.88 Å². The average Bonchev–Trinajstić information content (AvgIpc) is 3.16. The fraction of sp³-hybridized carbons (Fsp3) is 0.385. The first-order chi connectivity index (χ1) is 10.5. The van der Waals surface area contributed by atoms with Gasteiger partial charge in [-0.05, 0) is 17.9 Å². The Hall–Kier alpha value is -1.71. The topological polar surface area (TPSA) is 84.3 Å². The van der Waals surface area contributed by atoms with Crippen molar-refractivity contribution in [2.45, 2.75) is 17.2 Å². The number of nitrogens with one attached hydrogen (secondary N) is 1. The summed E-state index contributed by atoms with van der Waals surface area (Å²) in [4.78, 5) is 15.7. The fourth-order valence-electron chi connectivity index (χ4n) is 1.82. The Morgan fingerprint density at radius 2 is 2.32 bits per heavy atom. The van der Waals surface area contributed by atoms with Gasteiger partial charge in [-0.1, -0.05) is 6.07 Å². The molecule has 0 spiro atoms. The molecular formula is C13H18N4O3S2. The zero-order valence-corrected chi connectivity index (χ0v) is 13.8. The maximum atomic E-state index is 12.2. The molecule has 2 aromatic rings. The van der Waals surface area contributed by atoms with Crippen molar-refractivity contribution in [3.63, 3.8) is 0 Å². The molecule has 0 saturated heterocycles. The van der Waals surface area contributed by atoms with Crippen LogP contribution in [0.25, 0.3) is 0 Å². The van der Waals surface area contributed by atoms with Crippen molar-refractivity contribution < 1.29 is 13.2 Å². The number of hydrogen-bond donors (Lipinski definition) is 1. The maximum absolute atomic E-state index is 12.2. The normalized spacial score (nSPS) is 11.7. The predicted octanol–water partition coefficient (Wildman–Crippen LogP) is 0.772. The molecular weight excluding hydrogens is 324 g/mol. The Bertz CT molecular complexity index is 681. The molecule has 0 atom stereocenters. The number of nitrogens with zero attached hydrogens (tertiary/aromatic N) is 3. The fourth-order valence-corrected chi connectivity index (χ4v) is 4.14. The summed E-state index contributed by atoms with van der Waals surface area (Å²) < 4.78 is 27.5. The molecule has 0 radical (unpaired) electrons. The van der Waals surface area contributed by atoms with Crippen LogP contribution in [-0.4, -0.2) is 48.3 Å². The molecule has 22 heavy (non-hydrogen) atoms. The minimum Gasteiger partial charge on any atom is -0.355 e. The summed E-state index contributed by atoms with van der Waals surface area (Å²) in [5, 5.41) is 4.41. The second-order valence-electron chi connectivity index (χ2n) is 4.70. The molecule has 2 rings (SSSR count). The lowest BCUT2D eigenvalue weighted by atomic mass is 10.4. The SMILES string of the molecule is CN(CC(=O)NCCCn1ccnc1)S(=O)(=O)c1cccs1. The van der Waals surface area contributed by atoms with Crippen LogP contribution in [0, 0.1) is 0 Å². The number of aromatic nitrogens is 2. The van der Waals surface area contributed by atoms with Crippen LogP contribution in [0.3, 0.4) is 0 Å². The molecule has 0 aromatic carbocycles. The number of thiophene rings is 1. The first-order valence-electron chi connectivity index (χ1n) is 6.72. The van der Waals surface area contributed by atoms with Crippen molar-refractivity contribution in [2.24, 2.45) is 0 Å². The van der Waals surface area contributed by atoms with Gasteiger partial charge in [0.05, 0.1) is 12.9 Å². The zero-order chi connectivity index (χ0) is 16.0. The van der Waals surface area contributed by atoms with Crippen LogP contribution in [0.2, 0.25) is 0 Å². The van der Waals surface area contributed by atoms with Crippen molar-refractivity contribution in [3.05, 3.63) is 36.2 Å². The summed E-state index contributed by atoms with van der Waals surface area (Å²) in [7, 11) is -2.18. The summed E-state index contributed by atoms with van der Waals surface area (Å²) in [6.07, 6.45) is 6.01. The second-order valence-corrected chi connectivity index (χ2v) is 7.92. The van der Waals surface area contributed by atoms with E-state index in [0.29, 0.717) is 6.54 Å². The van der Waals surface area contributed by atoms with Gasteiger partial charge in [0.2, 0.25) is 5.91 Å². The van der Waals surface area contributed by atoms with Gasteiger partial charge in [-0.15, -0.1) is 11.3 Å². The van der Waals surface area contributed by atoms with Crippen LogP contribution < -0.4 is 5.32 Å². The van der Waals surface area contributed by atoms with E-state index in [4.69, 9.17) is 0 Å². The van der Waals surface area contributed by atoms with Crippen molar-refractivity contribution in [3.8, 4) is 0 Å². The Labute approximate surface area is 133 Å². The van der Waals surface area contributed by atoms with Crippen LogP contribution in [0.5, 0.6) is 0 Å². The standard InChI is InChI=1S/C13H18N4O3S2/c1-16(22(19,20)13-4-2-9-21-13)10-12(18)15-5-3-7-17-8-6-14-11-17/h2,4,6,8-9,11H,3,5,7,10H2,1H3,(H,15,18). The number of amides is 1. The molecule has 0 aliphatic carbocycles. The number of sulfonamides is 1. The van der Waals surface area contributed by atoms with Gasteiger partial charge in [-0.2, -0.15) is 4.31 Å². The number of carbonyl (C=O) groups excluding carboxylic acids is 1. The van der Waals surface area contributed by atoms with E-state index in [9.17, 15) is 13.2 Å². The van der Waals surface area contributed by atoms with Gasteiger partial charge in [0.1, 0.15) is 4.21 Å². The maximum Gasteiger partial charge on any atom is 0.252 e. The predicted molar refractivity (Wildman–Crippen MR) is 84.0 cm³/mol. The second kappa shape index (κ2) is 7.52. The lowest BCUT2D eigenvalue weighted by Crippen LogP contribution is -2.38. The van der Waals surface area contributed by atoms with Gasteiger partial charge in [0.15, 0.2) is 0 Å². The third-order valence-electron chi connectivity index (χ3n) is 3.00. The van der Waals surface area contributed by atoms with Crippen LogP contribution >= 0.6 is 11.3 Å². The summed E-state index contributed by atoms with van der Waals surface area (Å²) in [6, 6.07) is 3.20. The summed E-state index contributed by atoms with van der Waals surface area (Å²) in [5.74, 6) is -0.312. The van der Waals surface area contributed by atoms with E-state index in [1.807, 2.05) is 10.8 Å². The summed E-state index contributed by atoms with van der Waals surface area (Å²) in [6.45, 7) is 1.05. The molecule has 2 heterocycles. The summed E-state index contributed by atoms with van der Waals surface area (Å²) in [5.41, 5.74) is 0. The number of likely N-dealkylation sites (N-methyl/N-ethyl adjacent to an activating group) is 1. The number of aryl methyl sites for hydroxylation is 1. The zero-order valence-electron chi connectivity index (χ0n) is 12.2. The van der Waals surface area contributed by atoms with Crippen LogP contribution in [0.15, 0.2) is 40.4 Å². The van der Waals surface area contributed by atoms with Gasteiger partial charge >= 0.3 is 0 Å². The van der Waals surface area contributed by atoms with E-state index < -0.39 is 10.0 Å². The lowest BCUT2D eigenvalue weighted by Gasteiger charge is -2.15. The van der Waals surface area contributed by atoms with Crippen LogP contribution in [0.4, 0.5) is 0 Å². The van der Waals surface area contributed by atoms with E-state index in [0.717, 1.165) is 28.6 Å². The van der Waals surface area contributed by atoms with E-state index in [2.05, 4.69) is 10.3 Å². The van der Waals surface area contributed by atoms with Gasteiger partial charge in [-0.25, -0.2) is 13.4 Å². The molecule has 0 aliphatic heterocycles. The quantitative estimate of drug-likeness (QED) is 0.718. The van der Waals surface area contributed by atoms with E-state index in [1.165, 1.54) is 13.1 Å². The van der Waals surface area contributed by atoms with Gasteiger partial charge in [0, 0.05) is 32.5 Å². The third-order valence-corrected chi connectivity index (χ3v) is 6.18. The number of hydrogen-bond acceptors (Lipinski definition) is 5. The minimum atomic E-state index is -3.58. The van der Waals surface area contributed by atoms with Crippen LogP contribution in [0.1, 0.15) is 6.42 Å². The van der Waals surface area contributed by atoms with E-state index in [-0.39, 0.29) is 16.7 Å². The largest absolute Gasteiger partial charge is 0.355 e. The Morgan fingerprint density at radius 1 is 1.50 bits per heavy atom. The average molecular weight is 342 g/mol. The highest BCUT2D eigenvalue weighted by Gasteiger charge is 2.23. The van der Waals surface area contributed by atoms with Crippen molar-refractivity contribution in [1.29, 1.82) is 0 Å². The van der Waals surface area contributed by atoms with E-state index in [1.54, 1.807) is 24.0 Å². The molecule has 0 fully saturated rings.